The largest absolute Gasteiger partial charge is 0.394 e. The fourth-order valence-corrected chi connectivity index (χ4v) is 0.971. The third-order valence-corrected chi connectivity index (χ3v) is 2.06. The summed E-state index contributed by atoms with van der Waals surface area (Å²) in [6, 6.07) is -1.03. The third kappa shape index (κ3) is 3.58. The van der Waals surface area contributed by atoms with Crippen LogP contribution in [0.5, 0.6) is 0 Å². The van der Waals surface area contributed by atoms with Gasteiger partial charge in [0.1, 0.15) is 0 Å². The number of hydrogen-bond acceptors (Lipinski definition) is 5. The second kappa shape index (κ2) is 5.51. The highest BCUT2D eigenvalue weighted by atomic mass is 16.3. The number of aliphatic hydroxyl groups excluding tert-OH is 4. The molecule has 13 heavy (non-hydrogen) atoms. The van der Waals surface area contributed by atoms with Crippen molar-refractivity contribution in [3.05, 3.63) is 0 Å². The van der Waals surface area contributed by atoms with Gasteiger partial charge in [0.25, 0.3) is 0 Å². The second-order valence-corrected chi connectivity index (χ2v) is 3.55. The van der Waals surface area contributed by atoms with Crippen molar-refractivity contribution >= 4 is 0 Å². The van der Waals surface area contributed by atoms with Crippen molar-refractivity contribution < 1.29 is 20.4 Å². The highest BCUT2D eigenvalue weighted by Gasteiger charge is 2.29. The summed E-state index contributed by atoms with van der Waals surface area (Å²) >= 11 is 0. The van der Waals surface area contributed by atoms with Crippen molar-refractivity contribution in [3.63, 3.8) is 0 Å². The molecule has 0 amide bonds. The van der Waals surface area contributed by atoms with Gasteiger partial charge < -0.3 is 26.2 Å². The predicted octanol–water partition coefficient (Wildman–Crippen LogP) is -1.96. The van der Waals surface area contributed by atoms with Crippen LogP contribution >= 0.6 is 0 Å². The normalized spacial score (nSPS) is 21.2. The molecule has 0 spiro atoms. The highest BCUT2D eigenvalue weighted by Crippen LogP contribution is 2.10. The zero-order chi connectivity index (χ0) is 10.6. The van der Waals surface area contributed by atoms with Gasteiger partial charge in [0.15, 0.2) is 0 Å². The highest BCUT2D eigenvalue weighted by molar-refractivity contribution is 4.85. The van der Waals surface area contributed by atoms with Gasteiger partial charge >= 0.3 is 0 Å². The molecule has 0 heterocycles. The minimum atomic E-state index is -1.22. The van der Waals surface area contributed by atoms with E-state index in [1.807, 2.05) is 0 Å². The summed E-state index contributed by atoms with van der Waals surface area (Å²) in [5.74, 6) is -0.146. The Labute approximate surface area is 77.8 Å². The number of rotatable bonds is 5. The van der Waals surface area contributed by atoms with E-state index in [1.54, 1.807) is 13.8 Å². The molecule has 0 aliphatic rings. The van der Waals surface area contributed by atoms with Crippen LogP contribution in [0.1, 0.15) is 13.8 Å². The van der Waals surface area contributed by atoms with Crippen LogP contribution in [0.3, 0.4) is 0 Å². The molecule has 0 fully saturated rings. The van der Waals surface area contributed by atoms with Gasteiger partial charge in [-0.1, -0.05) is 13.8 Å². The second-order valence-electron chi connectivity index (χ2n) is 3.55. The zero-order valence-corrected chi connectivity index (χ0v) is 7.96. The van der Waals surface area contributed by atoms with Crippen molar-refractivity contribution in [1.82, 2.24) is 0 Å². The summed E-state index contributed by atoms with van der Waals surface area (Å²) in [5, 5.41) is 36.4. The minimum absolute atomic E-state index is 0.146. The molecule has 0 aromatic heterocycles. The third-order valence-electron chi connectivity index (χ3n) is 2.06. The Morgan fingerprint density at radius 2 is 1.54 bits per heavy atom. The molecule has 6 N–H and O–H groups in total. The lowest BCUT2D eigenvalue weighted by Crippen LogP contribution is -2.52. The van der Waals surface area contributed by atoms with Gasteiger partial charge in [0, 0.05) is 0 Å². The molecule has 0 aromatic carbocycles. The van der Waals surface area contributed by atoms with Crippen LogP contribution in [0.4, 0.5) is 0 Å². The fraction of sp³-hybridized carbons (Fsp3) is 1.00. The van der Waals surface area contributed by atoms with Crippen LogP contribution in [0.15, 0.2) is 0 Å². The maximum absolute atomic E-state index is 9.41. The van der Waals surface area contributed by atoms with E-state index in [-0.39, 0.29) is 5.92 Å². The first-order valence-corrected chi connectivity index (χ1v) is 4.32. The smallest absolute Gasteiger partial charge is 0.0978 e. The molecule has 0 radical (unpaired) electrons. The molecular weight excluding hydrogens is 174 g/mol. The summed E-state index contributed by atoms with van der Waals surface area (Å²) in [6.45, 7) is 2.93. The summed E-state index contributed by atoms with van der Waals surface area (Å²) in [7, 11) is 0. The maximum Gasteiger partial charge on any atom is 0.0978 e. The van der Waals surface area contributed by atoms with E-state index in [0.717, 1.165) is 0 Å². The van der Waals surface area contributed by atoms with E-state index in [0.29, 0.717) is 0 Å². The summed E-state index contributed by atoms with van der Waals surface area (Å²) in [6.07, 6.45) is -3.42. The van der Waals surface area contributed by atoms with Crippen molar-refractivity contribution in [2.24, 2.45) is 11.7 Å². The molecule has 0 saturated carbocycles. The van der Waals surface area contributed by atoms with E-state index < -0.39 is 31.0 Å². The quantitative estimate of drug-likeness (QED) is 0.349. The van der Waals surface area contributed by atoms with Gasteiger partial charge in [0.05, 0.1) is 31.0 Å². The Hall–Kier alpha value is -0.200. The molecule has 0 bridgehead atoms. The summed E-state index contributed by atoms with van der Waals surface area (Å²) in [5.41, 5.74) is 5.39. The minimum Gasteiger partial charge on any atom is -0.394 e. The zero-order valence-electron chi connectivity index (χ0n) is 7.96. The van der Waals surface area contributed by atoms with Gasteiger partial charge in [-0.05, 0) is 5.92 Å². The van der Waals surface area contributed by atoms with Crippen LogP contribution in [0, 0.1) is 5.92 Å². The standard InChI is InChI=1S/C8H19NO4/c1-4(2)7(12)8(13)6(9)5(11)3-10/h4-8,10-13H,3,9H2,1-2H3. The van der Waals surface area contributed by atoms with E-state index in [9.17, 15) is 10.2 Å². The first-order valence-electron chi connectivity index (χ1n) is 4.32. The molecule has 4 atom stereocenters. The van der Waals surface area contributed by atoms with Gasteiger partial charge in [-0.3, -0.25) is 0 Å². The Balaban J connectivity index is 4.15. The molecular formula is C8H19NO4. The molecule has 5 nitrogen and oxygen atoms in total. The monoisotopic (exact) mass is 193 g/mol. The first kappa shape index (κ1) is 12.8. The van der Waals surface area contributed by atoms with Crippen LogP contribution in [0.25, 0.3) is 0 Å². The predicted molar refractivity (Wildman–Crippen MR) is 47.9 cm³/mol. The Bertz CT molecular complexity index is 142. The van der Waals surface area contributed by atoms with Gasteiger partial charge in [-0.2, -0.15) is 0 Å². The summed E-state index contributed by atoms with van der Waals surface area (Å²) < 4.78 is 0. The van der Waals surface area contributed by atoms with Crippen LogP contribution in [0.2, 0.25) is 0 Å². The topological polar surface area (TPSA) is 107 Å². The fourth-order valence-electron chi connectivity index (χ4n) is 0.971. The van der Waals surface area contributed by atoms with Gasteiger partial charge in [-0.25, -0.2) is 0 Å². The average Bonchev–Trinajstić information content (AvgIpc) is 2.12. The van der Waals surface area contributed by atoms with Crippen LogP contribution < -0.4 is 5.73 Å². The maximum atomic E-state index is 9.41. The van der Waals surface area contributed by atoms with E-state index in [4.69, 9.17) is 15.9 Å². The molecule has 0 aliphatic heterocycles. The Kier molecular flexibility index (Phi) is 5.43. The lowest BCUT2D eigenvalue weighted by atomic mass is 9.94. The van der Waals surface area contributed by atoms with Crippen LogP contribution in [-0.4, -0.2) is 51.4 Å². The molecule has 0 rings (SSSR count). The molecule has 0 aliphatic carbocycles. The molecule has 0 saturated heterocycles. The first-order chi connectivity index (χ1) is 5.91. The van der Waals surface area contributed by atoms with Crippen molar-refractivity contribution in [1.29, 1.82) is 0 Å². The lowest BCUT2D eigenvalue weighted by molar-refractivity contribution is -0.0552. The summed E-state index contributed by atoms with van der Waals surface area (Å²) in [4.78, 5) is 0. The molecule has 80 valence electrons. The van der Waals surface area contributed by atoms with Crippen molar-refractivity contribution in [2.75, 3.05) is 6.61 Å². The van der Waals surface area contributed by atoms with Crippen LogP contribution in [-0.2, 0) is 0 Å². The lowest BCUT2D eigenvalue weighted by Gasteiger charge is -2.28. The van der Waals surface area contributed by atoms with E-state index >= 15 is 0 Å². The Morgan fingerprint density at radius 1 is 1.08 bits per heavy atom. The average molecular weight is 193 g/mol. The van der Waals surface area contributed by atoms with Crippen molar-refractivity contribution in [3.8, 4) is 0 Å². The van der Waals surface area contributed by atoms with E-state index in [1.165, 1.54) is 0 Å². The Morgan fingerprint density at radius 3 is 1.85 bits per heavy atom. The number of aliphatic hydroxyl groups is 4. The van der Waals surface area contributed by atoms with Gasteiger partial charge in [-0.15, -0.1) is 0 Å². The molecule has 0 aromatic rings. The van der Waals surface area contributed by atoms with E-state index in [2.05, 4.69) is 0 Å². The number of nitrogens with two attached hydrogens (primary N) is 1. The number of hydrogen-bond donors (Lipinski definition) is 5. The van der Waals surface area contributed by atoms with Gasteiger partial charge in [0.2, 0.25) is 0 Å². The van der Waals surface area contributed by atoms with Crippen molar-refractivity contribution in [2.45, 2.75) is 38.2 Å². The molecule has 4 unspecified atom stereocenters. The SMILES string of the molecule is CC(C)C(O)C(O)C(N)C(O)CO. The molecule has 5 heteroatoms.